The summed E-state index contributed by atoms with van der Waals surface area (Å²) in [5.41, 5.74) is 1.14. The van der Waals surface area contributed by atoms with E-state index in [1.165, 1.54) is 48.5 Å². The molecule has 26 heavy (non-hydrogen) atoms. The number of nitriles is 1. The SMILES string of the molecule is CCOC(=O)c1ccc(NC(=O)/C(C#N)=C/c2ccc(O)c(Cl)c2)cc1. The van der Waals surface area contributed by atoms with Crippen molar-refractivity contribution < 1.29 is 19.4 Å². The Hall–Kier alpha value is -3.30. The zero-order chi connectivity index (χ0) is 19.1. The number of amides is 1. The van der Waals surface area contributed by atoms with E-state index < -0.39 is 11.9 Å². The van der Waals surface area contributed by atoms with Crippen LogP contribution < -0.4 is 5.32 Å². The second kappa shape index (κ2) is 8.70. The Morgan fingerprint density at radius 1 is 1.27 bits per heavy atom. The monoisotopic (exact) mass is 370 g/mol. The van der Waals surface area contributed by atoms with Gasteiger partial charge in [-0.05, 0) is 55.0 Å². The van der Waals surface area contributed by atoms with E-state index in [2.05, 4.69) is 5.32 Å². The van der Waals surface area contributed by atoms with E-state index in [0.717, 1.165) is 0 Å². The van der Waals surface area contributed by atoms with E-state index in [-0.39, 0.29) is 23.0 Å². The summed E-state index contributed by atoms with van der Waals surface area (Å²) in [4.78, 5) is 23.8. The Labute approximate surface area is 155 Å². The van der Waals surface area contributed by atoms with Gasteiger partial charge in [-0.1, -0.05) is 17.7 Å². The molecule has 2 rings (SSSR count). The minimum absolute atomic E-state index is 0.0894. The van der Waals surface area contributed by atoms with Crippen LogP contribution in [0, 0.1) is 11.3 Å². The highest BCUT2D eigenvalue weighted by molar-refractivity contribution is 6.32. The number of hydrogen-bond acceptors (Lipinski definition) is 5. The number of esters is 1. The number of hydrogen-bond donors (Lipinski definition) is 2. The van der Waals surface area contributed by atoms with Crippen molar-refractivity contribution in [2.45, 2.75) is 6.92 Å². The molecule has 0 saturated carbocycles. The van der Waals surface area contributed by atoms with E-state index in [9.17, 15) is 20.0 Å². The van der Waals surface area contributed by atoms with Crippen LogP contribution in [0.2, 0.25) is 5.02 Å². The number of halogens is 1. The lowest BCUT2D eigenvalue weighted by atomic mass is 10.1. The summed E-state index contributed by atoms with van der Waals surface area (Å²) >= 11 is 5.81. The molecule has 6 nitrogen and oxygen atoms in total. The Morgan fingerprint density at radius 3 is 2.54 bits per heavy atom. The molecule has 0 heterocycles. The maximum atomic E-state index is 12.2. The third-order valence-electron chi connectivity index (χ3n) is 3.30. The minimum Gasteiger partial charge on any atom is -0.506 e. The average Bonchev–Trinajstić information content (AvgIpc) is 2.63. The van der Waals surface area contributed by atoms with Gasteiger partial charge < -0.3 is 15.2 Å². The van der Waals surface area contributed by atoms with Crippen LogP contribution >= 0.6 is 11.6 Å². The largest absolute Gasteiger partial charge is 0.506 e. The van der Waals surface area contributed by atoms with Gasteiger partial charge in [0, 0.05) is 5.69 Å². The van der Waals surface area contributed by atoms with E-state index in [0.29, 0.717) is 16.8 Å². The van der Waals surface area contributed by atoms with Crippen molar-refractivity contribution in [1.82, 2.24) is 0 Å². The number of phenols is 1. The van der Waals surface area contributed by atoms with Crippen LogP contribution in [0.25, 0.3) is 6.08 Å². The molecule has 7 heteroatoms. The van der Waals surface area contributed by atoms with Crippen molar-refractivity contribution in [1.29, 1.82) is 5.26 Å². The molecule has 2 aromatic rings. The van der Waals surface area contributed by atoms with Gasteiger partial charge in [0.2, 0.25) is 0 Å². The predicted molar refractivity (Wildman–Crippen MR) is 97.7 cm³/mol. The van der Waals surface area contributed by atoms with E-state index >= 15 is 0 Å². The smallest absolute Gasteiger partial charge is 0.338 e. The summed E-state index contributed by atoms with van der Waals surface area (Å²) in [6, 6.07) is 12.3. The van der Waals surface area contributed by atoms with Gasteiger partial charge in [0.25, 0.3) is 5.91 Å². The van der Waals surface area contributed by atoms with Gasteiger partial charge in [0.1, 0.15) is 17.4 Å². The van der Waals surface area contributed by atoms with Crippen LogP contribution in [0.5, 0.6) is 5.75 Å². The summed E-state index contributed by atoms with van der Waals surface area (Å²) in [6.45, 7) is 1.98. The Bertz CT molecular complexity index is 899. The Kier molecular flexibility index (Phi) is 6.36. The highest BCUT2D eigenvalue weighted by atomic mass is 35.5. The lowest BCUT2D eigenvalue weighted by Gasteiger charge is -2.06. The number of anilines is 1. The van der Waals surface area contributed by atoms with Crippen molar-refractivity contribution in [2.75, 3.05) is 11.9 Å². The summed E-state index contributed by atoms with van der Waals surface area (Å²) in [6.07, 6.45) is 1.35. The van der Waals surface area contributed by atoms with Crippen LogP contribution in [0.15, 0.2) is 48.0 Å². The van der Waals surface area contributed by atoms with Crippen molar-refractivity contribution >= 4 is 35.2 Å². The summed E-state index contributed by atoms with van der Waals surface area (Å²) in [7, 11) is 0. The van der Waals surface area contributed by atoms with Crippen LogP contribution in [0.1, 0.15) is 22.8 Å². The van der Waals surface area contributed by atoms with Crippen LogP contribution in [-0.4, -0.2) is 23.6 Å². The number of carbonyl (C=O) groups excluding carboxylic acids is 2. The molecule has 132 valence electrons. The molecule has 0 aliphatic rings. The molecule has 0 saturated heterocycles. The first kappa shape index (κ1) is 19.0. The van der Waals surface area contributed by atoms with Gasteiger partial charge in [-0.15, -0.1) is 0 Å². The number of rotatable bonds is 5. The lowest BCUT2D eigenvalue weighted by molar-refractivity contribution is -0.112. The third-order valence-corrected chi connectivity index (χ3v) is 3.60. The van der Waals surface area contributed by atoms with Crippen LogP contribution in [0.4, 0.5) is 5.69 Å². The molecular formula is C19H15ClN2O4. The number of phenolic OH excluding ortho intramolecular Hbond substituents is 1. The molecule has 0 fully saturated rings. The van der Waals surface area contributed by atoms with Gasteiger partial charge in [-0.3, -0.25) is 4.79 Å². The molecule has 0 radical (unpaired) electrons. The van der Waals surface area contributed by atoms with Crippen molar-refractivity contribution in [3.05, 3.63) is 64.2 Å². The van der Waals surface area contributed by atoms with E-state index in [1.54, 1.807) is 6.92 Å². The lowest BCUT2D eigenvalue weighted by Crippen LogP contribution is -2.13. The molecule has 0 aliphatic heterocycles. The highest BCUT2D eigenvalue weighted by Gasteiger charge is 2.11. The number of benzene rings is 2. The first-order valence-corrected chi connectivity index (χ1v) is 8.01. The minimum atomic E-state index is -0.611. The fraction of sp³-hybridized carbons (Fsp3) is 0.105. The van der Waals surface area contributed by atoms with Crippen LogP contribution in [0.3, 0.4) is 0 Å². The zero-order valence-corrected chi connectivity index (χ0v) is 14.6. The fourth-order valence-corrected chi connectivity index (χ4v) is 2.22. The molecule has 0 bridgehead atoms. The van der Waals surface area contributed by atoms with Gasteiger partial charge in [-0.2, -0.15) is 5.26 Å². The second-order valence-corrected chi connectivity index (χ2v) is 5.54. The predicted octanol–water partition coefficient (Wildman–Crippen LogP) is 3.77. The number of ether oxygens (including phenoxy) is 1. The van der Waals surface area contributed by atoms with E-state index in [4.69, 9.17) is 16.3 Å². The molecule has 0 aromatic heterocycles. The molecular weight excluding hydrogens is 356 g/mol. The Morgan fingerprint density at radius 2 is 1.96 bits per heavy atom. The summed E-state index contributed by atoms with van der Waals surface area (Å²) in [5.74, 6) is -1.15. The normalized spacial score (nSPS) is 10.7. The third kappa shape index (κ3) is 4.85. The maximum absolute atomic E-state index is 12.2. The maximum Gasteiger partial charge on any atom is 0.338 e. The van der Waals surface area contributed by atoms with Gasteiger partial charge >= 0.3 is 5.97 Å². The average molecular weight is 371 g/mol. The first-order valence-electron chi connectivity index (χ1n) is 7.63. The Balaban J connectivity index is 2.14. The molecule has 2 N–H and O–H groups in total. The topological polar surface area (TPSA) is 99.4 Å². The van der Waals surface area contributed by atoms with Crippen LogP contribution in [-0.2, 0) is 9.53 Å². The van der Waals surface area contributed by atoms with Gasteiger partial charge in [0.15, 0.2) is 0 Å². The quantitative estimate of drug-likeness (QED) is 0.474. The molecule has 0 aliphatic carbocycles. The number of carbonyl (C=O) groups is 2. The zero-order valence-electron chi connectivity index (χ0n) is 13.8. The van der Waals surface area contributed by atoms with Crippen molar-refractivity contribution in [3.8, 4) is 11.8 Å². The molecule has 0 spiro atoms. The molecule has 0 unspecified atom stereocenters. The fourth-order valence-electron chi connectivity index (χ4n) is 2.03. The molecule has 0 atom stereocenters. The molecule has 2 aromatic carbocycles. The summed E-state index contributed by atoms with van der Waals surface area (Å²) in [5, 5.41) is 21.3. The first-order chi connectivity index (χ1) is 12.4. The number of nitrogens with zero attached hydrogens (tertiary/aromatic N) is 1. The number of aromatic hydroxyl groups is 1. The summed E-state index contributed by atoms with van der Waals surface area (Å²) < 4.78 is 4.88. The van der Waals surface area contributed by atoms with Gasteiger partial charge in [-0.25, -0.2) is 4.79 Å². The molecule has 1 amide bonds. The van der Waals surface area contributed by atoms with Gasteiger partial charge in [0.05, 0.1) is 17.2 Å². The van der Waals surface area contributed by atoms with E-state index in [1.807, 2.05) is 6.07 Å². The standard InChI is InChI=1S/C19H15ClN2O4/c1-2-26-19(25)13-4-6-15(7-5-13)22-18(24)14(11-21)9-12-3-8-17(23)16(20)10-12/h3-10,23H,2H2,1H3,(H,22,24)/b14-9+. The van der Waals surface area contributed by atoms with Crippen molar-refractivity contribution in [3.63, 3.8) is 0 Å². The van der Waals surface area contributed by atoms with Crippen molar-refractivity contribution in [2.24, 2.45) is 0 Å². The second-order valence-electron chi connectivity index (χ2n) is 5.13. The highest BCUT2D eigenvalue weighted by Crippen LogP contribution is 2.24. The number of nitrogens with one attached hydrogen (secondary N) is 1.